The lowest BCUT2D eigenvalue weighted by molar-refractivity contribution is 0.0929. The molecule has 1 unspecified atom stereocenters. The lowest BCUT2D eigenvalue weighted by Crippen LogP contribution is -2.45. The van der Waals surface area contributed by atoms with E-state index in [1.54, 1.807) is 7.11 Å². The Labute approximate surface area is 128 Å². The molecule has 1 aromatic carbocycles. The van der Waals surface area contributed by atoms with E-state index in [1.807, 2.05) is 0 Å². The van der Waals surface area contributed by atoms with E-state index in [4.69, 9.17) is 9.47 Å². The number of methoxy groups -OCH3 is 1. The van der Waals surface area contributed by atoms with Gasteiger partial charge in [-0.25, -0.2) is 0 Å². The molecule has 1 aliphatic rings. The minimum absolute atomic E-state index is 0.503. The topological polar surface area (TPSA) is 33.7 Å². The van der Waals surface area contributed by atoms with Crippen LogP contribution in [0, 0.1) is 6.92 Å². The Morgan fingerprint density at radius 3 is 3.00 bits per heavy atom. The number of rotatable bonds is 7. The van der Waals surface area contributed by atoms with E-state index in [0.29, 0.717) is 6.04 Å². The fraction of sp³-hybridized carbons (Fsp3) is 0.647. The van der Waals surface area contributed by atoms with Gasteiger partial charge >= 0.3 is 0 Å². The van der Waals surface area contributed by atoms with E-state index < -0.39 is 0 Å². The molecule has 1 heterocycles. The van der Waals surface area contributed by atoms with Crippen molar-refractivity contribution in [3.63, 3.8) is 0 Å². The third-order valence-corrected chi connectivity index (χ3v) is 4.08. The molecular weight excluding hydrogens is 264 g/mol. The van der Waals surface area contributed by atoms with Gasteiger partial charge in [-0.05, 0) is 30.5 Å². The van der Waals surface area contributed by atoms with Crippen LogP contribution >= 0.6 is 0 Å². The van der Waals surface area contributed by atoms with Gasteiger partial charge in [0.1, 0.15) is 0 Å². The molecule has 1 fully saturated rings. The smallest absolute Gasteiger partial charge is 0.0670 e. The van der Waals surface area contributed by atoms with Crippen LogP contribution in [0.25, 0.3) is 0 Å². The average Bonchev–Trinajstić information content (AvgIpc) is 2.52. The number of hydrogen-bond donors (Lipinski definition) is 1. The molecule has 1 aliphatic heterocycles. The van der Waals surface area contributed by atoms with Crippen LogP contribution in [0.4, 0.5) is 5.69 Å². The molecule has 0 bridgehead atoms. The average molecular weight is 292 g/mol. The Morgan fingerprint density at radius 2 is 2.29 bits per heavy atom. The molecule has 1 aromatic rings. The van der Waals surface area contributed by atoms with Crippen LogP contribution in [0.1, 0.15) is 24.5 Å². The molecule has 0 aliphatic carbocycles. The Kier molecular flexibility index (Phi) is 6.49. The molecule has 0 aromatic heterocycles. The lowest BCUT2D eigenvalue weighted by atomic mass is 10.1. The fourth-order valence-electron chi connectivity index (χ4n) is 2.87. The van der Waals surface area contributed by atoms with Gasteiger partial charge in [0, 0.05) is 32.4 Å². The Bertz CT molecular complexity index is 437. The SMILES string of the molecule is CCC1COCCN1c1ccc(CNCCOC)cc1C. The molecule has 1 saturated heterocycles. The van der Waals surface area contributed by atoms with Crippen molar-refractivity contribution in [1.82, 2.24) is 5.32 Å². The van der Waals surface area contributed by atoms with Crippen LogP contribution in [-0.2, 0) is 16.0 Å². The van der Waals surface area contributed by atoms with Crippen LogP contribution in [0.2, 0.25) is 0 Å². The van der Waals surface area contributed by atoms with Crippen LogP contribution in [-0.4, -0.2) is 46.1 Å². The lowest BCUT2D eigenvalue weighted by Gasteiger charge is -2.38. The first-order chi connectivity index (χ1) is 10.3. The van der Waals surface area contributed by atoms with E-state index in [9.17, 15) is 0 Å². The maximum Gasteiger partial charge on any atom is 0.0670 e. The summed E-state index contributed by atoms with van der Waals surface area (Å²) in [7, 11) is 1.73. The molecule has 4 nitrogen and oxygen atoms in total. The van der Waals surface area contributed by atoms with Gasteiger partial charge in [0.05, 0.1) is 25.9 Å². The zero-order valence-electron chi connectivity index (χ0n) is 13.5. The number of anilines is 1. The van der Waals surface area contributed by atoms with Crippen molar-refractivity contribution >= 4 is 5.69 Å². The number of hydrogen-bond acceptors (Lipinski definition) is 4. The predicted octanol–water partition coefficient (Wildman–Crippen LogP) is 2.35. The van der Waals surface area contributed by atoms with Crippen LogP contribution < -0.4 is 10.2 Å². The van der Waals surface area contributed by atoms with Gasteiger partial charge in [0.25, 0.3) is 0 Å². The Balaban J connectivity index is 2.01. The van der Waals surface area contributed by atoms with Crippen molar-refractivity contribution < 1.29 is 9.47 Å². The highest BCUT2D eigenvalue weighted by Gasteiger charge is 2.22. The van der Waals surface area contributed by atoms with E-state index in [0.717, 1.165) is 45.9 Å². The molecular formula is C17H28N2O2. The normalized spacial score (nSPS) is 19.0. The molecule has 1 N–H and O–H groups in total. The van der Waals surface area contributed by atoms with Gasteiger partial charge in [-0.15, -0.1) is 0 Å². The van der Waals surface area contributed by atoms with Crippen LogP contribution in [0.5, 0.6) is 0 Å². The first-order valence-electron chi connectivity index (χ1n) is 7.89. The van der Waals surface area contributed by atoms with E-state index in [-0.39, 0.29) is 0 Å². The highest BCUT2D eigenvalue weighted by atomic mass is 16.5. The maximum absolute atomic E-state index is 5.60. The molecule has 0 amide bonds. The summed E-state index contributed by atoms with van der Waals surface area (Å²) < 4.78 is 10.6. The number of ether oxygens (including phenoxy) is 2. The molecule has 0 spiro atoms. The first kappa shape index (κ1) is 16.3. The van der Waals surface area contributed by atoms with E-state index >= 15 is 0 Å². The summed E-state index contributed by atoms with van der Waals surface area (Å²) in [6.45, 7) is 9.63. The van der Waals surface area contributed by atoms with Gasteiger partial charge in [-0.3, -0.25) is 0 Å². The Hall–Kier alpha value is -1.10. The number of benzene rings is 1. The van der Waals surface area contributed by atoms with Crippen molar-refractivity contribution in [3.8, 4) is 0 Å². The first-order valence-corrected chi connectivity index (χ1v) is 7.89. The minimum Gasteiger partial charge on any atom is -0.383 e. The molecule has 118 valence electrons. The van der Waals surface area contributed by atoms with Gasteiger partial charge < -0.3 is 19.7 Å². The number of morpholine rings is 1. The largest absolute Gasteiger partial charge is 0.383 e. The van der Waals surface area contributed by atoms with Crippen molar-refractivity contribution in [3.05, 3.63) is 29.3 Å². The number of nitrogens with zero attached hydrogens (tertiary/aromatic N) is 1. The van der Waals surface area contributed by atoms with E-state index in [2.05, 4.69) is 42.3 Å². The van der Waals surface area contributed by atoms with Gasteiger partial charge in [0.2, 0.25) is 0 Å². The third kappa shape index (κ3) is 4.43. The quantitative estimate of drug-likeness (QED) is 0.782. The summed E-state index contributed by atoms with van der Waals surface area (Å²) in [4.78, 5) is 2.50. The molecule has 0 saturated carbocycles. The molecule has 2 rings (SSSR count). The summed E-state index contributed by atoms with van der Waals surface area (Å²) in [5.41, 5.74) is 4.03. The highest BCUT2D eigenvalue weighted by Crippen LogP contribution is 2.26. The summed E-state index contributed by atoms with van der Waals surface area (Å²) >= 11 is 0. The summed E-state index contributed by atoms with van der Waals surface area (Å²) in [6, 6.07) is 7.28. The second-order valence-corrected chi connectivity index (χ2v) is 5.62. The maximum atomic E-state index is 5.60. The zero-order chi connectivity index (χ0) is 15.1. The monoisotopic (exact) mass is 292 g/mol. The number of nitrogens with one attached hydrogen (secondary N) is 1. The minimum atomic E-state index is 0.503. The third-order valence-electron chi connectivity index (χ3n) is 4.08. The molecule has 0 radical (unpaired) electrons. The summed E-state index contributed by atoms with van der Waals surface area (Å²) in [6.07, 6.45) is 1.12. The number of aryl methyl sites for hydroxylation is 1. The van der Waals surface area contributed by atoms with Crippen molar-refractivity contribution in [2.45, 2.75) is 32.9 Å². The predicted molar refractivity (Wildman–Crippen MR) is 87.0 cm³/mol. The fourth-order valence-corrected chi connectivity index (χ4v) is 2.87. The highest BCUT2D eigenvalue weighted by molar-refractivity contribution is 5.55. The Morgan fingerprint density at radius 1 is 1.43 bits per heavy atom. The van der Waals surface area contributed by atoms with Gasteiger partial charge in [-0.1, -0.05) is 19.1 Å². The molecule has 1 atom stereocenters. The summed E-state index contributed by atoms with van der Waals surface area (Å²) in [5.74, 6) is 0. The molecule has 4 heteroatoms. The van der Waals surface area contributed by atoms with Crippen molar-refractivity contribution in [2.24, 2.45) is 0 Å². The van der Waals surface area contributed by atoms with Crippen LogP contribution in [0.3, 0.4) is 0 Å². The van der Waals surface area contributed by atoms with Crippen molar-refractivity contribution in [1.29, 1.82) is 0 Å². The van der Waals surface area contributed by atoms with Gasteiger partial charge in [0.15, 0.2) is 0 Å². The van der Waals surface area contributed by atoms with E-state index in [1.165, 1.54) is 16.8 Å². The van der Waals surface area contributed by atoms with Gasteiger partial charge in [-0.2, -0.15) is 0 Å². The summed E-state index contributed by atoms with van der Waals surface area (Å²) in [5, 5.41) is 3.39. The molecule has 21 heavy (non-hydrogen) atoms. The second-order valence-electron chi connectivity index (χ2n) is 5.62. The van der Waals surface area contributed by atoms with Crippen LogP contribution in [0.15, 0.2) is 18.2 Å². The second kappa shape index (κ2) is 8.37. The standard InChI is InChI=1S/C17H28N2O2/c1-4-16-13-21-10-8-19(16)17-6-5-15(11-14(17)2)12-18-7-9-20-3/h5-6,11,16,18H,4,7-10,12-13H2,1-3H3. The van der Waals surface area contributed by atoms with Crippen molar-refractivity contribution in [2.75, 3.05) is 44.9 Å². The zero-order valence-corrected chi connectivity index (χ0v) is 13.5.